The Morgan fingerprint density at radius 1 is 1.17 bits per heavy atom. The number of thiazole rings is 1. The zero-order valence-electron chi connectivity index (χ0n) is 19.5. The van der Waals surface area contributed by atoms with E-state index in [-0.39, 0.29) is 11.9 Å². The van der Waals surface area contributed by atoms with Gasteiger partial charge in [-0.05, 0) is 31.7 Å². The molecular formula is C23H23F3N8OS. The molecule has 5 heterocycles. The van der Waals surface area contributed by atoms with Crippen LogP contribution in [0.25, 0.3) is 11.0 Å². The molecule has 1 saturated heterocycles. The van der Waals surface area contributed by atoms with Crippen molar-refractivity contribution < 1.29 is 18.0 Å². The Labute approximate surface area is 208 Å². The summed E-state index contributed by atoms with van der Waals surface area (Å²) >= 11 is 1.28. The Hall–Kier alpha value is -3.58. The lowest BCUT2D eigenvalue weighted by molar-refractivity contribution is -0.141. The van der Waals surface area contributed by atoms with Crippen molar-refractivity contribution in [2.45, 2.75) is 32.1 Å². The van der Waals surface area contributed by atoms with Crippen molar-refractivity contribution in [2.75, 3.05) is 25.0 Å². The van der Waals surface area contributed by atoms with Crippen LogP contribution in [0.15, 0.2) is 43.1 Å². The van der Waals surface area contributed by atoms with Crippen molar-refractivity contribution >= 4 is 39.1 Å². The second kappa shape index (κ2) is 9.47. The van der Waals surface area contributed by atoms with Gasteiger partial charge in [0.05, 0.1) is 42.0 Å². The summed E-state index contributed by atoms with van der Waals surface area (Å²) in [4.78, 5) is 32.4. The van der Waals surface area contributed by atoms with Gasteiger partial charge in [-0.2, -0.15) is 13.2 Å². The molecule has 0 radical (unpaired) electrons. The molecular weight excluding hydrogens is 493 g/mol. The highest BCUT2D eigenvalue weighted by Crippen LogP contribution is 2.30. The number of imidazole rings is 1. The molecule has 188 valence electrons. The summed E-state index contributed by atoms with van der Waals surface area (Å²) in [5.41, 5.74) is 1.32. The van der Waals surface area contributed by atoms with Crippen LogP contribution in [-0.2, 0) is 6.18 Å². The highest BCUT2D eigenvalue weighted by atomic mass is 32.1. The fourth-order valence-corrected chi connectivity index (χ4v) is 4.81. The van der Waals surface area contributed by atoms with E-state index < -0.39 is 11.9 Å². The van der Waals surface area contributed by atoms with Gasteiger partial charge in [-0.15, -0.1) is 0 Å². The Bertz CT molecular complexity index is 1380. The summed E-state index contributed by atoms with van der Waals surface area (Å²) in [5, 5.41) is 6.33. The number of likely N-dealkylation sites (tertiary alicyclic amines) is 1. The molecule has 1 fully saturated rings. The molecule has 0 bridgehead atoms. The van der Waals surface area contributed by atoms with E-state index in [1.807, 2.05) is 6.92 Å². The number of anilines is 2. The molecule has 0 spiro atoms. The number of nitrogens with zero attached hydrogens (tertiary/aromatic N) is 6. The number of hydrogen-bond acceptors (Lipinski definition) is 8. The number of alkyl halides is 3. The van der Waals surface area contributed by atoms with E-state index in [2.05, 4.69) is 47.0 Å². The number of amides is 1. The Kier molecular flexibility index (Phi) is 6.35. The average molecular weight is 517 g/mol. The number of nitrogens with one attached hydrogen (secondary N) is 2. The van der Waals surface area contributed by atoms with Crippen LogP contribution < -0.4 is 10.6 Å². The van der Waals surface area contributed by atoms with Crippen molar-refractivity contribution in [1.82, 2.24) is 34.7 Å². The Morgan fingerprint density at radius 2 is 1.97 bits per heavy atom. The van der Waals surface area contributed by atoms with Gasteiger partial charge >= 0.3 is 6.18 Å². The molecule has 4 aromatic heterocycles. The third kappa shape index (κ3) is 4.88. The van der Waals surface area contributed by atoms with E-state index in [4.69, 9.17) is 0 Å². The minimum absolute atomic E-state index is 0.293. The maximum Gasteiger partial charge on any atom is 0.433 e. The molecule has 2 N–H and O–H groups in total. The van der Waals surface area contributed by atoms with Crippen molar-refractivity contribution in [1.29, 1.82) is 0 Å². The van der Waals surface area contributed by atoms with Crippen LogP contribution in [0.5, 0.6) is 0 Å². The van der Waals surface area contributed by atoms with Crippen LogP contribution in [0.2, 0.25) is 0 Å². The molecule has 0 aromatic carbocycles. The molecule has 4 aromatic rings. The van der Waals surface area contributed by atoms with Gasteiger partial charge in [0.1, 0.15) is 16.9 Å². The first kappa shape index (κ1) is 24.1. The zero-order chi connectivity index (χ0) is 25.4. The number of carbonyl (C=O) groups excluding carboxylic acids is 1. The lowest BCUT2D eigenvalue weighted by Crippen LogP contribution is -2.47. The first-order valence-electron chi connectivity index (χ1n) is 11.3. The van der Waals surface area contributed by atoms with Gasteiger partial charge < -0.3 is 15.2 Å². The second-order valence-electron chi connectivity index (χ2n) is 8.53. The van der Waals surface area contributed by atoms with Crippen molar-refractivity contribution in [3.8, 4) is 0 Å². The van der Waals surface area contributed by atoms with Crippen molar-refractivity contribution in [2.24, 2.45) is 0 Å². The van der Waals surface area contributed by atoms with Crippen LogP contribution in [0.4, 0.5) is 24.0 Å². The highest BCUT2D eigenvalue weighted by molar-refractivity contribution is 7.15. The molecule has 9 nitrogen and oxygen atoms in total. The van der Waals surface area contributed by atoms with Gasteiger partial charge in [0.2, 0.25) is 0 Å². The fraction of sp³-hybridized carbons (Fsp3) is 0.348. The van der Waals surface area contributed by atoms with E-state index in [1.54, 1.807) is 24.8 Å². The Morgan fingerprint density at radius 3 is 2.67 bits per heavy atom. The monoisotopic (exact) mass is 516 g/mol. The van der Waals surface area contributed by atoms with Gasteiger partial charge in [-0.3, -0.25) is 9.69 Å². The van der Waals surface area contributed by atoms with Gasteiger partial charge in [-0.1, -0.05) is 18.3 Å². The standard InChI is InChI=1S/C23H23F3N8OS/c1-3-33-10-15(11-33)34-12-30-17-8-27-16(6-18(17)34)21(35)31-13(2)19-9-29-22(36-19)32-14-4-5-20(28-7-14)23(24,25)26/h4-9,12-13,15H,3,10-11H2,1-2H3,(H,29,32)(H,31,35). The molecule has 0 saturated carbocycles. The number of halogens is 3. The average Bonchev–Trinajstić information content (AvgIpc) is 3.45. The van der Waals surface area contributed by atoms with Gasteiger partial charge in [0.25, 0.3) is 5.91 Å². The summed E-state index contributed by atoms with van der Waals surface area (Å²) in [5.74, 6) is -0.323. The maximum atomic E-state index is 12.9. The molecule has 1 amide bonds. The van der Waals surface area contributed by atoms with Crippen LogP contribution in [0.3, 0.4) is 0 Å². The molecule has 13 heteroatoms. The fourth-order valence-electron chi connectivity index (χ4n) is 3.97. The third-order valence-corrected chi connectivity index (χ3v) is 7.17. The largest absolute Gasteiger partial charge is 0.433 e. The minimum Gasteiger partial charge on any atom is -0.343 e. The lowest BCUT2D eigenvalue weighted by Gasteiger charge is -2.39. The van der Waals surface area contributed by atoms with Gasteiger partial charge in [0.15, 0.2) is 5.13 Å². The third-order valence-electron chi connectivity index (χ3n) is 6.08. The smallest absolute Gasteiger partial charge is 0.343 e. The first-order valence-corrected chi connectivity index (χ1v) is 12.1. The summed E-state index contributed by atoms with van der Waals surface area (Å²) < 4.78 is 40.2. The molecule has 1 aliphatic heterocycles. The van der Waals surface area contributed by atoms with Crippen molar-refractivity contribution in [3.63, 3.8) is 0 Å². The Balaban J connectivity index is 1.24. The molecule has 5 rings (SSSR count). The van der Waals surface area contributed by atoms with Crippen LogP contribution in [0, 0.1) is 0 Å². The van der Waals surface area contributed by atoms with E-state index in [9.17, 15) is 18.0 Å². The summed E-state index contributed by atoms with van der Waals surface area (Å²) in [6.45, 7) is 6.86. The molecule has 1 aliphatic rings. The lowest BCUT2D eigenvalue weighted by atomic mass is 10.1. The summed E-state index contributed by atoms with van der Waals surface area (Å²) in [6.07, 6.45) is 1.62. The number of carbonyl (C=O) groups is 1. The first-order chi connectivity index (χ1) is 17.2. The van der Waals surface area contributed by atoms with Crippen LogP contribution in [-0.4, -0.2) is 54.9 Å². The van der Waals surface area contributed by atoms with Crippen molar-refractivity contribution in [3.05, 3.63) is 59.4 Å². The highest BCUT2D eigenvalue weighted by Gasteiger charge is 2.32. The molecule has 1 unspecified atom stereocenters. The number of likely N-dealkylation sites (N-methyl/N-ethyl adjacent to an activating group) is 1. The summed E-state index contributed by atoms with van der Waals surface area (Å²) in [6, 6.07) is 3.92. The SMILES string of the molecule is CCN1CC(n2cnc3cnc(C(=O)NC(C)c4cnc(Nc5ccc(C(F)(F)F)nc5)s4)cc32)C1. The molecule has 0 aliphatic carbocycles. The van der Waals surface area contributed by atoms with E-state index in [0.29, 0.717) is 22.6 Å². The summed E-state index contributed by atoms with van der Waals surface area (Å²) in [7, 11) is 0. The number of rotatable bonds is 7. The van der Waals surface area contributed by atoms with E-state index in [0.717, 1.165) is 47.8 Å². The molecule has 36 heavy (non-hydrogen) atoms. The van der Waals surface area contributed by atoms with E-state index in [1.165, 1.54) is 17.4 Å². The number of pyridine rings is 2. The minimum atomic E-state index is -4.49. The predicted octanol–water partition coefficient (Wildman–Crippen LogP) is 4.41. The maximum absolute atomic E-state index is 12.9. The predicted molar refractivity (Wildman–Crippen MR) is 129 cm³/mol. The zero-order valence-corrected chi connectivity index (χ0v) is 20.3. The normalized spacial score (nSPS) is 15.6. The van der Waals surface area contributed by atoms with Crippen LogP contribution >= 0.6 is 11.3 Å². The van der Waals surface area contributed by atoms with Gasteiger partial charge in [-0.25, -0.2) is 19.9 Å². The van der Waals surface area contributed by atoms with E-state index >= 15 is 0 Å². The van der Waals surface area contributed by atoms with Crippen LogP contribution in [0.1, 0.15) is 47.0 Å². The second-order valence-corrected chi connectivity index (χ2v) is 9.60. The quantitative estimate of drug-likeness (QED) is 0.375. The topological polar surface area (TPSA) is 101 Å². The van der Waals surface area contributed by atoms with Gasteiger partial charge in [0, 0.05) is 24.2 Å². The molecule has 1 atom stereocenters. The number of aromatic nitrogens is 5. The number of fused-ring (bicyclic) bond motifs is 1. The number of hydrogen-bond donors (Lipinski definition) is 2.